The Labute approximate surface area is 143 Å². The van der Waals surface area contributed by atoms with E-state index in [9.17, 15) is 4.39 Å². The first-order chi connectivity index (χ1) is 11.6. The number of methoxy groups -OCH3 is 2. The van der Waals surface area contributed by atoms with Gasteiger partial charge in [0.2, 0.25) is 0 Å². The molecular formula is C18H17FN2O2S. The molecule has 1 N–H and O–H groups in total. The molecule has 1 heterocycles. The summed E-state index contributed by atoms with van der Waals surface area (Å²) in [6, 6.07) is 10.2. The van der Waals surface area contributed by atoms with Gasteiger partial charge in [0.05, 0.1) is 19.9 Å². The van der Waals surface area contributed by atoms with Gasteiger partial charge >= 0.3 is 0 Å². The number of anilines is 2. The second-order valence-electron chi connectivity index (χ2n) is 5.19. The Bertz CT molecular complexity index is 864. The van der Waals surface area contributed by atoms with E-state index in [1.54, 1.807) is 20.3 Å². The Morgan fingerprint density at radius 3 is 2.67 bits per heavy atom. The van der Waals surface area contributed by atoms with E-state index in [2.05, 4.69) is 10.3 Å². The molecule has 0 saturated carbocycles. The number of halogens is 1. The van der Waals surface area contributed by atoms with E-state index in [0.717, 1.165) is 28.3 Å². The SMILES string of the molecule is COc1ccc(OC)c(-c2csc(Nc3cc(F)ccc3C)n2)c1. The average Bonchev–Trinajstić information content (AvgIpc) is 3.06. The molecule has 0 aliphatic carbocycles. The normalized spacial score (nSPS) is 10.5. The predicted molar refractivity (Wildman–Crippen MR) is 95.1 cm³/mol. The van der Waals surface area contributed by atoms with E-state index in [-0.39, 0.29) is 5.82 Å². The van der Waals surface area contributed by atoms with Crippen molar-refractivity contribution in [1.82, 2.24) is 4.98 Å². The van der Waals surface area contributed by atoms with Gasteiger partial charge < -0.3 is 14.8 Å². The van der Waals surface area contributed by atoms with Crippen molar-refractivity contribution in [3.63, 3.8) is 0 Å². The Morgan fingerprint density at radius 1 is 1.08 bits per heavy atom. The fourth-order valence-corrected chi connectivity index (χ4v) is 3.04. The Kier molecular flexibility index (Phi) is 4.66. The molecule has 3 rings (SSSR count). The molecule has 0 atom stereocenters. The number of nitrogens with one attached hydrogen (secondary N) is 1. The quantitative estimate of drug-likeness (QED) is 0.706. The monoisotopic (exact) mass is 344 g/mol. The zero-order valence-corrected chi connectivity index (χ0v) is 14.4. The average molecular weight is 344 g/mol. The van der Waals surface area contributed by atoms with E-state index in [1.807, 2.05) is 30.5 Å². The fraction of sp³-hybridized carbons (Fsp3) is 0.167. The standard InChI is InChI=1S/C18H17FN2O2S/c1-11-4-5-12(19)8-15(11)20-18-21-16(10-24-18)14-9-13(22-2)6-7-17(14)23-3/h4-10H,1-3H3,(H,20,21). The van der Waals surface area contributed by atoms with Crippen LogP contribution in [0.2, 0.25) is 0 Å². The van der Waals surface area contributed by atoms with Gasteiger partial charge in [-0.3, -0.25) is 0 Å². The summed E-state index contributed by atoms with van der Waals surface area (Å²) in [4.78, 5) is 4.58. The summed E-state index contributed by atoms with van der Waals surface area (Å²) in [5.74, 6) is 1.17. The molecule has 24 heavy (non-hydrogen) atoms. The molecule has 0 aliphatic rings. The van der Waals surface area contributed by atoms with Gasteiger partial charge in [-0.15, -0.1) is 11.3 Å². The molecule has 0 bridgehead atoms. The van der Waals surface area contributed by atoms with Crippen molar-refractivity contribution >= 4 is 22.2 Å². The number of ether oxygens (including phenoxy) is 2. The molecule has 3 aromatic rings. The third-order valence-corrected chi connectivity index (χ3v) is 4.39. The molecule has 0 saturated heterocycles. The van der Waals surface area contributed by atoms with Gasteiger partial charge in [-0.25, -0.2) is 9.37 Å². The van der Waals surface area contributed by atoms with Crippen LogP contribution in [-0.4, -0.2) is 19.2 Å². The number of aryl methyl sites for hydroxylation is 1. The summed E-state index contributed by atoms with van der Waals surface area (Å²) in [5.41, 5.74) is 3.27. The molecule has 4 nitrogen and oxygen atoms in total. The molecule has 2 aromatic carbocycles. The molecule has 6 heteroatoms. The predicted octanol–water partition coefficient (Wildman–Crippen LogP) is 5.02. The topological polar surface area (TPSA) is 43.4 Å². The van der Waals surface area contributed by atoms with E-state index in [4.69, 9.17) is 9.47 Å². The number of hydrogen-bond acceptors (Lipinski definition) is 5. The minimum absolute atomic E-state index is 0.283. The number of benzene rings is 2. The van der Waals surface area contributed by atoms with Gasteiger partial charge in [0.25, 0.3) is 0 Å². The molecule has 0 radical (unpaired) electrons. The summed E-state index contributed by atoms with van der Waals surface area (Å²) in [6.07, 6.45) is 0. The van der Waals surface area contributed by atoms with Gasteiger partial charge in [-0.05, 0) is 42.8 Å². The van der Waals surface area contributed by atoms with E-state index in [0.29, 0.717) is 10.8 Å². The first-order valence-electron chi connectivity index (χ1n) is 7.32. The molecule has 0 fully saturated rings. The van der Waals surface area contributed by atoms with E-state index in [1.165, 1.54) is 23.5 Å². The summed E-state index contributed by atoms with van der Waals surface area (Å²) < 4.78 is 24.1. The fourth-order valence-electron chi connectivity index (χ4n) is 2.31. The highest BCUT2D eigenvalue weighted by Gasteiger charge is 2.12. The first-order valence-corrected chi connectivity index (χ1v) is 8.20. The minimum Gasteiger partial charge on any atom is -0.497 e. The largest absolute Gasteiger partial charge is 0.497 e. The maximum absolute atomic E-state index is 13.4. The summed E-state index contributed by atoms with van der Waals surface area (Å²) >= 11 is 1.45. The second kappa shape index (κ2) is 6.88. The van der Waals surface area contributed by atoms with Crippen LogP contribution in [0.1, 0.15) is 5.56 Å². The Morgan fingerprint density at radius 2 is 1.92 bits per heavy atom. The maximum atomic E-state index is 13.4. The summed E-state index contributed by atoms with van der Waals surface area (Å²) in [7, 11) is 3.24. The summed E-state index contributed by atoms with van der Waals surface area (Å²) in [6.45, 7) is 1.92. The van der Waals surface area contributed by atoms with Gasteiger partial charge in [0.1, 0.15) is 17.3 Å². The van der Waals surface area contributed by atoms with Crippen LogP contribution in [0.4, 0.5) is 15.2 Å². The van der Waals surface area contributed by atoms with Crippen LogP contribution < -0.4 is 14.8 Å². The molecule has 0 aliphatic heterocycles. The zero-order chi connectivity index (χ0) is 17.1. The second-order valence-corrected chi connectivity index (χ2v) is 6.05. The molecule has 0 spiro atoms. The number of rotatable bonds is 5. The van der Waals surface area contributed by atoms with Crippen LogP contribution in [0.5, 0.6) is 11.5 Å². The molecule has 124 valence electrons. The van der Waals surface area contributed by atoms with Crippen molar-refractivity contribution < 1.29 is 13.9 Å². The van der Waals surface area contributed by atoms with Crippen molar-refractivity contribution in [3.8, 4) is 22.8 Å². The minimum atomic E-state index is -0.283. The first kappa shape index (κ1) is 16.3. The highest BCUT2D eigenvalue weighted by atomic mass is 32.1. The zero-order valence-electron chi connectivity index (χ0n) is 13.6. The lowest BCUT2D eigenvalue weighted by Crippen LogP contribution is -1.94. The third-order valence-electron chi connectivity index (χ3n) is 3.63. The van der Waals surface area contributed by atoms with Crippen LogP contribution in [-0.2, 0) is 0 Å². The number of hydrogen-bond donors (Lipinski definition) is 1. The molecular weight excluding hydrogens is 327 g/mol. The maximum Gasteiger partial charge on any atom is 0.187 e. The highest BCUT2D eigenvalue weighted by molar-refractivity contribution is 7.14. The van der Waals surface area contributed by atoms with Crippen LogP contribution in [0.15, 0.2) is 41.8 Å². The Hall–Kier alpha value is -2.60. The van der Waals surface area contributed by atoms with Crippen molar-refractivity contribution in [1.29, 1.82) is 0 Å². The number of thiazole rings is 1. The van der Waals surface area contributed by atoms with Gasteiger partial charge in [-0.1, -0.05) is 6.07 Å². The van der Waals surface area contributed by atoms with Crippen LogP contribution >= 0.6 is 11.3 Å². The van der Waals surface area contributed by atoms with Gasteiger partial charge in [0.15, 0.2) is 5.13 Å². The van der Waals surface area contributed by atoms with Crippen LogP contribution in [0, 0.1) is 12.7 Å². The molecule has 0 amide bonds. The lowest BCUT2D eigenvalue weighted by Gasteiger charge is -2.09. The number of nitrogens with zero attached hydrogens (tertiary/aromatic N) is 1. The lowest BCUT2D eigenvalue weighted by atomic mass is 10.1. The van der Waals surface area contributed by atoms with Crippen molar-refractivity contribution in [2.45, 2.75) is 6.92 Å². The lowest BCUT2D eigenvalue weighted by molar-refractivity contribution is 0.404. The van der Waals surface area contributed by atoms with Gasteiger partial charge in [0, 0.05) is 16.6 Å². The van der Waals surface area contributed by atoms with Crippen LogP contribution in [0.3, 0.4) is 0 Å². The Balaban J connectivity index is 1.92. The third kappa shape index (κ3) is 3.33. The highest BCUT2D eigenvalue weighted by Crippen LogP contribution is 2.35. The van der Waals surface area contributed by atoms with Crippen molar-refractivity contribution in [3.05, 3.63) is 53.2 Å². The van der Waals surface area contributed by atoms with E-state index < -0.39 is 0 Å². The van der Waals surface area contributed by atoms with Crippen molar-refractivity contribution in [2.24, 2.45) is 0 Å². The van der Waals surface area contributed by atoms with Crippen LogP contribution in [0.25, 0.3) is 11.3 Å². The summed E-state index contributed by atoms with van der Waals surface area (Å²) in [5, 5.41) is 5.77. The van der Waals surface area contributed by atoms with Crippen molar-refractivity contribution in [2.75, 3.05) is 19.5 Å². The smallest absolute Gasteiger partial charge is 0.187 e. The number of aromatic nitrogens is 1. The molecule has 0 unspecified atom stereocenters. The molecule has 1 aromatic heterocycles. The van der Waals surface area contributed by atoms with Gasteiger partial charge in [-0.2, -0.15) is 0 Å². The van der Waals surface area contributed by atoms with E-state index >= 15 is 0 Å².